The summed E-state index contributed by atoms with van der Waals surface area (Å²) in [6.45, 7) is 4.02. The Morgan fingerprint density at radius 1 is 1.46 bits per heavy atom. The molecule has 0 saturated carbocycles. The van der Waals surface area contributed by atoms with Gasteiger partial charge in [-0.1, -0.05) is 25.4 Å². The predicted octanol–water partition coefficient (Wildman–Crippen LogP) is 2.00. The van der Waals surface area contributed by atoms with Crippen molar-refractivity contribution >= 4 is 35.4 Å². The molecule has 24 heavy (non-hydrogen) atoms. The van der Waals surface area contributed by atoms with Crippen LogP contribution in [0.5, 0.6) is 5.75 Å². The molecule has 3 nitrogen and oxygen atoms in total. The van der Waals surface area contributed by atoms with Gasteiger partial charge in [-0.25, -0.2) is 4.79 Å². The summed E-state index contributed by atoms with van der Waals surface area (Å²) >= 11 is 7.54. The minimum atomic E-state index is -4.81. The van der Waals surface area contributed by atoms with Gasteiger partial charge in [0.2, 0.25) is 6.10 Å². The number of rotatable bonds is 4. The van der Waals surface area contributed by atoms with Crippen molar-refractivity contribution in [2.45, 2.75) is 31.0 Å². The number of hydrogen-bond donors (Lipinski definition) is 1. The molecule has 0 aliphatic carbocycles. The number of benzene rings is 1. The molecule has 0 bridgehead atoms. The quantitative estimate of drug-likeness (QED) is 0.631. The van der Waals surface area contributed by atoms with E-state index in [1.165, 1.54) is 23.9 Å². The van der Waals surface area contributed by atoms with Gasteiger partial charge in [-0.2, -0.15) is 13.2 Å². The second-order valence-corrected chi connectivity index (χ2v) is 6.94. The molecule has 1 aliphatic rings. The van der Waals surface area contributed by atoms with Gasteiger partial charge in [-0.15, -0.1) is 11.8 Å². The Balaban J connectivity index is 0.00000288. The second kappa shape index (κ2) is 8.36. The normalized spacial score (nSPS) is 16.8. The first-order chi connectivity index (χ1) is 10.6. The van der Waals surface area contributed by atoms with Crippen LogP contribution in [0.15, 0.2) is 22.6 Å². The number of hydrogen-bond acceptors (Lipinski definition) is 3. The fourth-order valence-corrected chi connectivity index (χ4v) is 3.22. The zero-order valence-electron chi connectivity index (χ0n) is 14.3. The van der Waals surface area contributed by atoms with Gasteiger partial charge in [0.25, 0.3) is 0 Å². The number of carbonyl (C=O) groups is 1. The Labute approximate surface area is 170 Å². The number of aliphatic carboxylic acids is 1. The molecule has 9 heteroatoms. The van der Waals surface area contributed by atoms with Crippen LogP contribution in [0.25, 0.3) is 6.08 Å². The number of alkyl halides is 3. The molecule has 2 rings (SSSR count). The third-order valence-electron chi connectivity index (χ3n) is 3.02. The maximum atomic E-state index is 13.0. The van der Waals surface area contributed by atoms with Crippen LogP contribution >= 0.6 is 23.4 Å². The standard InChI is InChI=1S/C15H14ClF3O3S.Na.H/c1-7(2)6-23-12-5-11-8(4-10(12)16)3-9(14(20)21)13(22-11)15(17,18)19;;/h3-5,7,13H,6H2,1-2H3,(H,20,21);;/q;+1;-1. The molecule has 1 heterocycles. The molecule has 1 N–H and O–H groups in total. The van der Waals surface area contributed by atoms with Crippen LogP contribution in [0.4, 0.5) is 13.2 Å². The van der Waals surface area contributed by atoms with E-state index in [2.05, 4.69) is 0 Å². The van der Waals surface area contributed by atoms with Crippen molar-refractivity contribution in [1.82, 2.24) is 0 Å². The number of thioether (sulfide) groups is 1. The fourth-order valence-electron chi connectivity index (χ4n) is 1.98. The van der Waals surface area contributed by atoms with E-state index in [0.717, 1.165) is 11.8 Å². The molecule has 1 aliphatic heterocycles. The first-order valence-corrected chi connectivity index (χ1v) is 8.10. The van der Waals surface area contributed by atoms with Crippen molar-refractivity contribution < 1.29 is 58.8 Å². The predicted molar refractivity (Wildman–Crippen MR) is 84.2 cm³/mol. The van der Waals surface area contributed by atoms with Gasteiger partial charge in [-0.3, -0.25) is 0 Å². The van der Waals surface area contributed by atoms with Crippen LogP contribution in [-0.2, 0) is 4.79 Å². The maximum absolute atomic E-state index is 13.0. The van der Waals surface area contributed by atoms with Crippen molar-refractivity contribution in [3.05, 3.63) is 28.3 Å². The molecular formula is C15H15ClF3NaO3S. The van der Waals surface area contributed by atoms with E-state index >= 15 is 0 Å². The summed E-state index contributed by atoms with van der Waals surface area (Å²) in [6.07, 6.45) is -6.34. The van der Waals surface area contributed by atoms with Crippen LogP contribution in [0.1, 0.15) is 20.8 Å². The number of carboxylic acid groups (broad SMARTS) is 1. The first-order valence-electron chi connectivity index (χ1n) is 6.74. The average Bonchev–Trinajstić information content (AvgIpc) is 2.42. The van der Waals surface area contributed by atoms with Crippen molar-refractivity contribution in [3.8, 4) is 5.75 Å². The number of halogens is 4. The Hall–Kier alpha value is -0.340. The Kier molecular flexibility index (Phi) is 7.56. The zero-order chi connectivity index (χ0) is 17.4. The third-order valence-corrected chi connectivity index (χ3v) is 4.93. The fraction of sp³-hybridized carbons (Fsp3) is 0.400. The molecule has 128 valence electrons. The molecule has 1 aromatic carbocycles. The van der Waals surface area contributed by atoms with E-state index < -0.39 is 23.8 Å². The molecule has 0 radical (unpaired) electrons. The third kappa shape index (κ3) is 5.08. The molecule has 1 aromatic rings. The first kappa shape index (κ1) is 21.7. The molecule has 1 atom stereocenters. The SMILES string of the molecule is CC(C)CSc1cc2c(cc1Cl)C=C(C(=O)O)C(C(F)(F)F)O2.[H-].[Na+]. The Bertz CT molecular complexity index is 668. The van der Waals surface area contributed by atoms with Crippen LogP contribution in [-0.4, -0.2) is 29.1 Å². The van der Waals surface area contributed by atoms with Crippen LogP contribution in [0.2, 0.25) is 5.02 Å². The number of carboxylic acids is 1. The van der Waals surface area contributed by atoms with Gasteiger partial charge < -0.3 is 11.3 Å². The summed E-state index contributed by atoms with van der Waals surface area (Å²) in [6, 6.07) is 2.85. The zero-order valence-corrected chi connectivity index (χ0v) is 16.9. The van der Waals surface area contributed by atoms with E-state index in [1.807, 2.05) is 13.8 Å². The number of fused-ring (bicyclic) bond motifs is 1. The van der Waals surface area contributed by atoms with Gasteiger partial charge >= 0.3 is 41.7 Å². The molecule has 0 saturated heterocycles. The summed E-state index contributed by atoms with van der Waals surface area (Å²) in [5.41, 5.74) is -0.634. The summed E-state index contributed by atoms with van der Waals surface area (Å²) in [5.74, 6) is -0.563. The summed E-state index contributed by atoms with van der Waals surface area (Å²) in [5, 5.41) is 9.33. The molecule has 1 unspecified atom stereocenters. The van der Waals surface area contributed by atoms with Gasteiger partial charge in [-0.05, 0) is 24.1 Å². The summed E-state index contributed by atoms with van der Waals surface area (Å²) in [4.78, 5) is 11.7. The Morgan fingerprint density at radius 3 is 2.58 bits per heavy atom. The molecular weight excluding hydrogens is 376 g/mol. The average molecular weight is 391 g/mol. The molecule has 0 fully saturated rings. The van der Waals surface area contributed by atoms with E-state index in [4.69, 9.17) is 21.4 Å². The summed E-state index contributed by atoms with van der Waals surface area (Å²) in [7, 11) is 0. The maximum Gasteiger partial charge on any atom is 1.00 e. The molecule has 0 spiro atoms. The van der Waals surface area contributed by atoms with Crippen molar-refractivity contribution in [3.63, 3.8) is 0 Å². The smallest absolute Gasteiger partial charge is 1.00 e. The van der Waals surface area contributed by atoms with E-state index in [0.29, 0.717) is 15.8 Å². The van der Waals surface area contributed by atoms with Crippen LogP contribution < -0.4 is 34.3 Å². The van der Waals surface area contributed by atoms with Crippen molar-refractivity contribution in [2.75, 3.05) is 5.75 Å². The largest absolute Gasteiger partial charge is 1.00 e. The molecule has 0 aromatic heterocycles. The van der Waals surface area contributed by atoms with E-state index in [-0.39, 0.29) is 42.3 Å². The van der Waals surface area contributed by atoms with Crippen LogP contribution in [0, 0.1) is 5.92 Å². The van der Waals surface area contributed by atoms with E-state index in [9.17, 15) is 18.0 Å². The van der Waals surface area contributed by atoms with Gasteiger partial charge in [0.15, 0.2) is 0 Å². The number of ether oxygens (including phenoxy) is 1. The minimum Gasteiger partial charge on any atom is -1.00 e. The minimum absolute atomic E-state index is 0. The van der Waals surface area contributed by atoms with Gasteiger partial charge in [0.05, 0.1) is 10.6 Å². The monoisotopic (exact) mass is 390 g/mol. The van der Waals surface area contributed by atoms with Crippen LogP contribution in [0.3, 0.4) is 0 Å². The van der Waals surface area contributed by atoms with Crippen molar-refractivity contribution in [2.24, 2.45) is 5.92 Å². The topological polar surface area (TPSA) is 46.5 Å². The summed E-state index contributed by atoms with van der Waals surface area (Å²) < 4.78 is 44.0. The molecule has 0 amide bonds. The van der Waals surface area contributed by atoms with Crippen molar-refractivity contribution in [1.29, 1.82) is 0 Å². The second-order valence-electron chi connectivity index (χ2n) is 5.47. The van der Waals surface area contributed by atoms with Gasteiger partial charge in [0.1, 0.15) is 5.75 Å². The van der Waals surface area contributed by atoms with E-state index in [1.54, 1.807) is 0 Å². The van der Waals surface area contributed by atoms with Gasteiger partial charge in [0, 0.05) is 16.2 Å². The Morgan fingerprint density at radius 2 is 2.08 bits per heavy atom.